The number of nitrogens with zero attached hydrogens (tertiary/aromatic N) is 3. The highest BCUT2D eigenvalue weighted by Gasteiger charge is 2.42. The van der Waals surface area contributed by atoms with Crippen molar-refractivity contribution in [2.24, 2.45) is 0 Å². The first kappa shape index (κ1) is 28.3. The van der Waals surface area contributed by atoms with Crippen LogP contribution in [0.3, 0.4) is 0 Å². The van der Waals surface area contributed by atoms with Crippen LogP contribution in [0.2, 0.25) is 0 Å². The zero-order valence-electron chi connectivity index (χ0n) is 18.8. The lowest BCUT2D eigenvalue weighted by molar-refractivity contribution is -0.387. The molecule has 1 aromatic heterocycles. The van der Waals surface area contributed by atoms with Crippen molar-refractivity contribution >= 4 is 132 Å². The number of thioether (sulfide) groups is 1. The Morgan fingerprint density at radius 3 is 2.28 bits per heavy atom. The van der Waals surface area contributed by atoms with Crippen LogP contribution in [-0.4, -0.2) is 33.4 Å². The van der Waals surface area contributed by atoms with E-state index in [-0.39, 0.29) is 22.6 Å². The number of hydrogen-bond donors (Lipinski definition) is 1. The van der Waals surface area contributed by atoms with Crippen LogP contribution in [0.5, 0.6) is 0 Å². The third-order valence-electron chi connectivity index (χ3n) is 5.46. The second-order valence-corrected chi connectivity index (χ2v) is 13.3. The van der Waals surface area contributed by atoms with Crippen molar-refractivity contribution in [1.82, 2.24) is 4.98 Å². The fourth-order valence-corrected chi connectivity index (χ4v) is 8.09. The fourth-order valence-electron chi connectivity index (χ4n) is 3.73. The number of carbonyl (C=O) groups is 3. The number of rotatable bonds is 6. The standard InChI is InChI=1S/C23H9Br4FN4O5S2/c24-17-15-16(18(25)20(27)19(17)26)22(35)31(21(15)34)9-2-4-11-13(6-9)39-23(30-11)38-7-14(33)29-8-1-3-10(28)12(5-8)32(36)37/h1-6H,7H2,(H,29,33). The monoisotopic (exact) mass is 820 g/mol. The van der Waals surface area contributed by atoms with Crippen molar-refractivity contribution in [3.63, 3.8) is 0 Å². The van der Waals surface area contributed by atoms with Crippen molar-refractivity contribution < 1.29 is 23.7 Å². The summed E-state index contributed by atoms with van der Waals surface area (Å²) in [6.07, 6.45) is 0. The molecule has 0 aliphatic carbocycles. The summed E-state index contributed by atoms with van der Waals surface area (Å²) < 4.78 is 16.9. The highest BCUT2D eigenvalue weighted by molar-refractivity contribution is 9.15. The zero-order valence-corrected chi connectivity index (χ0v) is 26.7. The van der Waals surface area contributed by atoms with Gasteiger partial charge in [-0.15, -0.1) is 11.3 Å². The van der Waals surface area contributed by atoms with E-state index in [0.29, 0.717) is 38.1 Å². The van der Waals surface area contributed by atoms with Gasteiger partial charge in [-0.05, 0) is 94.1 Å². The quantitative estimate of drug-likeness (QED) is 0.0524. The first-order valence-electron chi connectivity index (χ1n) is 10.5. The molecule has 0 saturated carbocycles. The van der Waals surface area contributed by atoms with E-state index in [0.717, 1.165) is 28.8 Å². The zero-order chi connectivity index (χ0) is 28.2. The molecule has 16 heteroatoms. The average molecular weight is 824 g/mol. The van der Waals surface area contributed by atoms with Crippen LogP contribution >= 0.6 is 86.8 Å². The van der Waals surface area contributed by atoms with Gasteiger partial charge in [0.1, 0.15) is 0 Å². The number of fused-ring (bicyclic) bond motifs is 2. The van der Waals surface area contributed by atoms with E-state index in [9.17, 15) is 28.9 Å². The molecule has 3 amide bonds. The smallest absolute Gasteiger partial charge is 0.306 e. The summed E-state index contributed by atoms with van der Waals surface area (Å²) in [5, 5.41) is 13.4. The van der Waals surface area contributed by atoms with Gasteiger partial charge in [0.15, 0.2) is 4.34 Å². The maximum Gasteiger partial charge on any atom is 0.306 e. The van der Waals surface area contributed by atoms with Crippen LogP contribution in [0.1, 0.15) is 20.7 Å². The number of imide groups is 1. The first-order valence-corrected chi connectivity index (χ1v) is 15.5. The van der Waals surface area contributed by atoms with Crippen LogP contribution < -0.4 is 10.2 Å². The average Bonchev–Trinajstić information content (AvgIpc) is 3.42. The summed E-state index contributed by atoms with van der Waals surface area (Å²) in [6, 6.07) is 8.08. The van der Waals surface area contributed by atoms with Crippen LogP contribution in [0, 0.1) is 15.9 Å². The maximum atomic E-state index is 13.5. The van der Waals surface area contributed by atoms with E-state index in [2.05, 4.69) is 74.0 Å². The Kier molecular flexibility index (Phi) is 7.96. The van der Waals surface area contributed by atoms with Gasteiger partial charge in [0, 0.05) is 29.6 Å². The van der Waals surface area contributed by atoms with Gasteiger partial charge in [0.2, 0.25) is 11.7 Å². The maximum absolute atomic E-state index is 13.5. The summed E-state index contributed by atoms with van der Waals surface area (Å²) in [6.45, 7) is 0. The highest BCUT2D eigenvalue weighted by Crippen LogP contribution is 2.46. The molecular formula is C23H9Br4FN4O5S2. The fraction of sp³-hybridized carbons (Fsp3) is 0.0435. The Morgan fingerprint density at radius 2 is 1.67 bits per heavy atom. The van der Waals surface area contributed by atoms with Gasteiger partial charge in [-0.2, -0.15) is 4.39 Å². The number of benzene rings is 3. The molecule has 5 rings (SSSR count). The molecule has 1 N–H and O–H groups in total. The van der Waals surface area contributed by atoms with E-state index in [1.807, 2.05) is 0 Å². The number of halogens is 5. The predicted octanol–water partition coefficient (Wildman–Crippen LogP) is 7.93. The summed E-state index contributed by atoms with van der Waals surface area (Å²) in [4.78, 5) is 54.6. The van der Waals surface area contributed by atoms with Gasteiger partial charge in [-0.3, -0.25) is 24.5 Å². The molecule has 0 saturated heterocycles. The van der Waals surface area contributed by atoms with Gasteiger partial charge >= 0.3 is 5.69 Å². The van der Waals surface area contributed by atoms with Gasteiger partial charge < -0.3 is 5.32 Å². The molecule has 39 heavy (non-hydrogen) atoms. The molecule has 0 spiro atoms. The SMILES string of the molecule is O=C(CSc1nc2ccc(N3C(=O)c4c(Br)c(Br)c(Br)c(Br)c4C3=O)cc2s1)Nc1ccc(F)c([N+](=O)[O-])c1. The molecule has 0 bridgehead atoms. The Bertz CT molecular complexity index is 1720. The molecule has 1 aliphatic heterocycles. The van der Waals surface area contributed by atoms with Crippen molar-refractivity contribution in [3.05, 3.63) is 81.3 Å². The molecule has 0 atom stereocenters. The molecule has 198 valence electrons. The number of thiazole rings is 1. The third-order valence-corrected chi connectivity index (χ3v) is 12.4. The molecule has 2 heterocycles. The van der Waals surface area contributed by atoms with Crippen LogP contribution in [0.25, 0.3) is 10.2 Å². The Balaban J connectivity index is 1.33. The number of amides is 3. The van der Waals surface area contributed by atoms with Gasteiger partial charge in [-0.1, -0.05) is 11.8 Å². The minimum absolute atomic E-state index is 0.0535. The molecule has 0 radical (unpaired) electrons. The van der Waals surface area contributed by atoms with Crippen LogP contribution in [0.4, 0.5) is 21.5 Å². The number of hydrogen-bond acceptors (Lipinski definition) is 8. The van der Waals surface area contributed by atoms with Gasteiger partial charge in [-0.25, -0.2) is 9.88 Å². The van der Waals surface area contributed by atoms with E-state index in [1.165, 1.54) is 17.4 Å². The number of nitro groups is 1. The summed E-state index contributed by atoms with van der Waals surface area (Å²) in [5.74, 6) is -2.47. The number of nitrogens with one attached hydrogen (secondary N) is 1. The van der Waals surface area contributed by atoms with Gasteiger partial charge in [0.25, 0.3) is 11.8 Å². The van der Waals surface area contributed by atoms with Crippen molar-refractivity contribution in [2.45, 2.75) is 4.34 Å². The van der Waals surface area contributed by atoms with E-state index < -0.39 is 34.1 Å². The van der Waals surface area contributed by atoms with E-state index in [4.69, 9.17) is 0 Å². The lowest BCUT2D eigenvalue weighted by Gasteiger charge is -2.13. The van der Waals surface area contributed by atoms with Crippen LogP contribution in [0.15, 0.2) is 58.6 Å². The normalized spacial score (nSPS) is 12.8. The Labute approximate surface area is 260 Å². The van der Waals surface area contributed by atoms with Gasteiger partial charge in [0.05, 0.1) is 37.7 Å². The molecular weight excluding hydrogens is 815 g/mol. The summed E-state index contributed by atoms with van der Waals surface area (Å²) in [5.41, 5.74) is 0.822. The lowest BCUT2D eigenvalue weighted by atomic mass is 10.1. The second-order valence-electron chi connectivity index (χ2n) is 7.84. The third kappa shape index (κ3) is 5.17. The Morgan fingerprint density at radius 1 is 1.03 bits per heavy atom. The van der Waals surface area contributed by atoms with Crippen molar-refractivity contribution in [1.29, 1.82) is 0 Å². The minimum Gasteiger partial charge on any atom is -0.325 e. The summed E-state index contributed by atoms with van der Waals surface area (Å²) in [7, 11) is 0. The minimum atomic E-state index is -0.997. The number of nitro benzene ring substituents is 1. The summed E-state index contributed by atoms with van der Waals surface area (Å²) >= 11 is 16.0. The molecule has 1 aliphatic rings. The second kappa shape index (κ2) is 11.0. The number of aromatic nitrogens is 1. The molecule has 9 nitrogen and oxygen atoms in total. The lowest BCUT2D eigenvalue weighted by Crippen LogP contribution is -2.29. The van der Waals surface area contributed by atoms with Crippen LogP contribution in [-0.2, 0) is 4.79 Å². The first-order chi connectivity index (χ1) is 18.5. The Hall–Kier alpha value is -2.24. The molecule has 0 unspecified atom stereocenters. The predicted molar refractivity (Wildman–Crippen MR) is 160 cm³/mol. The number of carbonyl (C=O) groups excluding carboxylic acids is 3. The number of anilines is 2. The van der Waals surface area contributed by atoms with Crippen molar-refractivity contribution in [3.8, 4) is 0 Å². The topological polar surface area (TPSA) is 123 Å². The largest absolute Gasteiger partial charge is 0.325 e. The van der Waals surface area contributed by atoms with E-state index in [1.54, 1.807) is 18.2 Å². The van der Waals surface area contributed by atoms with E-state index >= 15 is 0 Å². The molecule has 3 aromatic carbocycles. The van der Waals surface area contributed by atoms with Crippen molar-refractivity contribution in [2.75, 3.05) is 16.0 Å². The highest BCUT2D eigenvalue weighted by atomic mass is 79.9. The molecule has 0 fully saturated rings. The molecule has 4 aromatic rings.